The van der Waals surface area contributed by atoms with Gasteiger partial charge in [-0.15, -0.1) is 6.58 Å². The van der Waals surface area contributed by atoms with E-state index in [0.717, 1.165) is 11.1 Å². The van der Waals surface area contributed by atoms with E-state index < -0.39 is 0 Å². The molecule has 2 nitrogen and oxygen atoms in total. The van der Waals surface area contributed by atoms with Gasteiger partial charge in [0, 0.05) is 12.3 Å². The molecular weight excluding hydrogens is 188 g/mol. The second-order valence-electron chi connectivity index (χ2n) is 3.64. The summed E-state index contributed by atoms with van der Waals surface area (Å²) < 4.78 is 5.01. The smallest absolute Gasteiger partial charge is 0.305 e. The molecule has 0 heterocycles. The van der Waals surface area contributed by atoms with Crippen molar-refractivity contribution in [1.82, 2.24) is 0 Å². The van der Waals surface area contributed by atoms with Crippen LogP contribution < -0.4 is 0 Å². The average molecular weight is 208 g/mol. The zero-order chi connectivity index (χ0) is 11.8. The van der Waals surface area contributed by atoms with E-state index in [0.29, 0.717) is 13.0 Å². The number of rotatable bonds is 6. The maximum absolute atomic E-state index is 10.9. The van der Waals surface area contributed by atoms with Gasteiger partial charge in [0.1, 0.15) is 6.61 Å². The zero-order valence-electron chi connectivity index (χ0n) is 9.88. The molecule has 15 heavy (non-hydrogen) atoms. The van der Waals surface area contributed by atoms with Crippen LogP contribution in [0.5, 0.6) is 0 Å². The van der Waals surface area contributed by atoms with E-state index in [1.54, 1.807) is 6.92 Å². The molecule has 2 heteroatoms. The molecule has 0 rings (SSSR count). The first-order valence-corrected chi connectivity index (χ1v) is 5.12. The van der Waals surface area contributed by atoms with Gasteiger partial charge < -0.3 is 4.74 Å². The molecule has 0 fully saturated rings. The van der Waals surface area contributed by atoms with Gasteiger partial charge in [0.25, 0.3) is 0 Å². The van der Waals surface area contributed by atoms with Crippen LogP contribution in [-0.2, 0) is 9.53 Å². The van der Waals surface area contributed by atoms with Crippen LogP contribution in [0.15, 0.2) is 36.5 Å². The van der Waals surface area contributed by atoms with Gasteiger partial charge in [-0.1, -0.05) is 31.2 Å². The molecule has 1 atom stereocenters. The molecule has 0 aliphatic rings. The Hall–Kier alpha value is -1.31. The third kappa shape index (κ3) is 5.89. The molecule has 0 aromatic rings. The lowest BCUT2D eigenvalue weighted by Crippen LogP contribution is -2.05. The van der Waals surface area contributed by atoms with Gasteiger partial charge in [0.05, 0.1) is 0 Å². The second kappa shape index (κ2) is 7.04. The van der Waals surface area contributed by atoms with Gasteiger partial charge in [-0.3, -0.25) is 4.79 Å². The van der Waals surface area contributed by atoms with Gasteiger partial charge in [-0.2, -0.15) is 0 Å². The molecule has 0 saturated carbocycles. The van der Waals surface area contributed by atoms with Crippen LogP contribution in [0.4, 0.5) is 0 Å². The van der Waals surface area contributed by atoms with Crippen molar-refractivity contribution in [3.8, 4) is 0 Å². The van der Waals surface area contributed by atoms with Crippen molar-refractivity contribution in [2.45, 2.75) is 27.2 Å². The van der Waals surface area contributed by atoms with Crippen molar-refractivity contribution in [2.75, 3.05) is 6.61 Å². The van der Waals surface area contributed by atoms with Crippen molar-refractivity contribution in [2.24, 2.45) is 5.92 Å². The predicted octanol–water partition coefficient (Wildman–Crippen LogP) is 3.26. The van der Waals surface area contributed by atoms with Crippen LogP contribution in [0.2, 0.25) is 0 Å². The fraction of sp³-hybridized carbons (Fsp3) is 0.462. The molecule has 0 aromatic heterocycles. The Morgan fingerprint density at radius 2 is 2.07 bits per heavy atom. The highest BCUT2D eigenvalue weighted by Crippen LogP contribution is 2.13. The third-order valence-electron chi connectivity index (χ3n) is 2.04. The topological polar surface area (TPSA) is 26.3 Å². The first-order valence-electron chi connectivity index (χ1n) is 5.12. The van der Waals surface area contributed by atoms with E-state index in [-0.39, 0.29) is 11.9 Å². The first-order chi connectivity index (χ1) is 7.01. The zero-order valence-corrected chi connectivity index (χ0v) is 9.88. The summed E-state index contributed by atoms with van der Waals surface area (Å²) in [4.78, 5) is 10.9. The van der Waals surface area contributed by atoms with Crippen LogP contribution in [0.3, 0.4) is 0 Å². The molecule has 0 unspecified atom stereocenters. The number of esters is 1. The monoisotopic (exact) mass is 208 g/mol. The third-order valence-corrected chi connectivity index (χ3v) is 2.04. The maximum atomic E-state index is 10.9. The number of carbonyl (C=O) groups excluding carboxylic acids is 1. The molecular formula is C13H20O2. The van der Waals surface area contributed by atoms with Gasteiger partial charge in [-0.05, 0) is 19.4 Å². The Labute approximate surface area is 92.3 Å². The summed E-state index contributed by atoms with van der Waals surface area (Å²) in [6.45, 7) is 13.6. The number of ether oxygens (including phenoxy) is 1. The normalized spacial score (nSPS) is 13.1. The quantitative estimate of drug-likeness (QED) is 0.494. The maximum Gasteiger partial charge on any atom is 0.305 e. The Kier molecular flexibility index (Phi) is 6.43. The highest BCUT2D eigenvalue weighted by Gasteiger charge is 2.03. The van der Waals surface area contributed by atoms with Crippen LogP contribution in [-0.4, -0.2) is 12.6 Å². The molecule has 0 aliphatic heterocycles. The lowest BCUT2D eigenvalue weighted by atomic mass is 10.00. The van der Waals surface area contributed by atoms with Gasteiger partial charge in [-0.25, -0.2) is 0 Å². The van der Waals surface area contributed by atoms with E-state index in [1.807, 2.05) is 26.0 Å². The molecule has 0 radical (unpaired) electrons. The fourth-order valence-electron chi connectivity index (χ4n) is 1.06. The molecule has 0 bridgehead atoms. The van der Waals surface area contributed by atoms with Crippen molar-refractivity contribution < 1.29 is 9.53 Å². The molecule has 0 aromatic carbocycles. The molecule has 0 N–H and O–H groups in total. The summed E-state index contributed by atoms with van der Waals surface area (Å²) in [5.74, 6) is -0.0152. The first kappa shape index (κ1) is 13.7. The number of hydrogen-bond donors (Lipinski definition) is 0. The van der Waals surface area contributed by atoms with Gasteiger partial charge in [0.2, 0.25) is 0 Å². The molecule has 0 saturated heterocycles. The highest BCUT2D eigenvalue weighted by molar-refractivity contribution is 5.69. The van der Waals surface area contributed by atoms with Crippen molar-refractivity contribution in [3.63, 3.8) is 0 Å². The van der Waals surface area contributed by atoms with E-state index in [1.165, 1.54) is 0 Å². The minimum Gasteiger partial charge on any atom is -0.461 e. The van der Waals surface area contributed by atoms with Crippen LogP contribution in [0.1, 0.15) is 27.2 Å². The SMILES string of the molecule is C=C[C@@H](/C=C(\C)COC(=O)CC)C(=C)C. The summed E-state index contributed by atoms with van der Waals surface area (Å²) in [5, 5.41) is 0. The summed E-state index contributed by atoms with van der Waals surface area (Å²) in [6, 6.07) is 0. The minimum absolute atomic E-state index is 0.158. The van der Waals surface area contributed by atoms with E-state index >= 15 is 0 Å². The summed E-state index contributed by atoms with van der Waals surface area (Å²) in [6.07, 6.45) is 4.25. The standard InChI is InChI=1S/C13H20O2/c1-6-12(10(3)4)8-11(5)9-15-13(14)7-2/h6,8,12H,1,3,7,9H2,2,4-5H3/b11-8+/t12-/m0/s1. The Morgan fingerprint density at radius 1 is 1.47 bits per heavy atom. The Bertz CT molecular complexity index is 274. The van der Waals surface area contributed by atoms with Crippen LogP contribution >= 0.6 is 0 Å². The van der Waals surface area contributed by atoms with Gasteiger partial charge >= 0.3 is 5.97 Å². The number of hydrogen-bond acceptors (Lipinski definition) is 2. The van der Waals surface area contributed by atoms with E-state index in [9.17, 15) is 4.79 Å². The van der Waals surface area contributed by atoms with E-state index in [2.05, 4.69) is 13.2 Å². The number of carbonyl (C=O) groups is 1. The average Bonchev–Trinajstić information content (AvgIpc) is 2.21. The van der Waals surface area contributed by atoms with E-state index in [4.69, 9.17) is 4.74 Å². The highest BCUT2D eigenvalue weighted by atomic mass is 16.5. The van der Waals surface area contributed by atoms with Crippen molar-refractivity contribution >= 4 is 5.97 Å². The fourth-order valence-corrected chi connectivity index (χ4v) is 1.06. The van der Waals surface area contributed by atoms with Crippen molar-refractivity contribution in [1.29, 1.82) is 0 Å². The van der Waals surface area contributed by atoms with Crippen molar-refractivity contribution in [3.05, 3.63) is 36.5 Å². The Morgan fingerprint density at radius 3 is 2.47 bits per heavy atom. The number of allylic oxidation sites excluding steroid dienone is 3. The molecule has 84 valence electrons. The minimum atomic E-state index is -0.173. The molecule has 0 aliphatic carbocycles. The summed E-state index contributed by atoms with van der Waals surface area (Å²) in [7, 11) is 0. The van der Waals surface area contributed by atoms with Crippen LogP contribution in [0, 0.1) is 5.92 Å². The lowest BCUT2D eigenvalue weighted by Gasteiger charge is -2.09. The Balaban J connectivity index is 4.23. The van der Waals surface area contributed by atoms with Crippen LogP contribution in [0.25, 0.3) is 0 Å². The van der Waals surface area contributed by atoms with Gasteiger partial charge in [0.15, 0.2) is 0 Å². The molecule has 0 spiro atoms. The predicted molar refractivity (Wildman–Crippen MR) is 63.5 cm³/mol. The summed E-state index contributed by atoms with van der Waals surface area (Å²) >= 11 is 0. The largest absolute Gasteiger partial charge is 0.461 e. The second-order valence-corrected chi connectivity index (χ2v) is 3.64. The summed E-state index contributed by atoms with van der Waals surface area (Å²) in [5.41, 5.74) is 2.05. The molecule has 0 amide bonds. The lowest BCUT2D eigenvalue weighted by molar-refractivity contribution is -0.142.